The smallest absolute Gasteiger partial charge is 0.329 e. The van der Waals surface area contributed by atoms with Crippen molar-refractivity contribution in [1.82, 2.24) is 9.55 Å². The highest BCUT2D eigenvalue weighted by Crippen LogP contribution is 2.30. The third-order valence-electron chi connectivity index (χ3n) is 4.98. The number of anilines is 1. The minimum atomic E-state index is -1.55. The fourth-order valence-electron chi connectivity index (χ4n) is 3.54. The van der Waals surface area contributed by atoms with E-state index in [1.807, 2.05) is 0 Å². The molecule has 0 amide bonds. The summed E-state index contributed by atoms with van der Waals surface area (Å²) in [5.74, 6) is -5.16. The number of aromatic nitrogens is 2. The summed E-state index contributed by atoms with van der Waals surface area (Å²) in [6, 6.07) is 0. The molecule has 2 heterocycles. The molecule has 1 aromatic rings. The number of hydrogen-bond acceptors (Lipinski definition) is 13. The maximum Gasteiger partial charge on any atom is 0.329 e. The highest BCUT2D eigenvalue weighted by Gasteiger charge is 2.52. The van der Waals surface area contributed by atoms with E-state index in [0.29, 0.717) is 4.57 Å². The van der Waals surface area contributed by atoms with Crippen LogP contribution >= 0.6 is 11.6 Å². The Kier molecular flexibility index (Phi) is 9.96. The van der Waals surface area contributed by atoms with Crippen molar-refractivity contribution in [3.8, 4) is 0 Å². The van der Waals surface area contributed by atoms with Gasteiger partial charge < -0.3 is 29.0 Å². The molecule has 1 saturated heterocycles. The Balaban J connectivity index is 2.67. The number of carbonyl (C=O) groups is 5. The molecule has 37 heavy (non-hydrogen) atoms. The molecule has 0 saturated carbocycles. The number of esters is 4. The maximum absolute atomic E-state index is 12.6. The summed E-state index contributed by atoms with van der Waals surface area (Å²) in [5.41, 5.74) is -2.43. The molecule has 0 aliphatic carbocycles. The number of nitrogens with one attached hydrogen (secondary N) is 2. The molecule has 1 aliphatic rings. The van der Waals surface area contributed by atoms with Crippen molar-refractivity contribution in [3.05, 3.63) is 26.4 Å². The number of ketones is 1. The topological polar surface area (TPSA) is 198 Å². The minimum Gasteiger partial charge on any atom is -0.463 e. The van der Waals surface area contributed by atoms with E-state index in [1.165, 1.54) is 0 Å². The molecule has 15 nitrogen and oxygen atoms in total. The van der Waals surface area contributed by atoms with Crippen molar-refractivity contribution < 1.29 is 47.7 Å². The zero-order valence-electron chi connectivity index (χ0n) is 20.5. The fourth-order valence-corrected chi connectivity index (χ4v) is 3.67. The van der Waals surface area contributed by atoms with Gasteiger partial charge in [-0.05, 0) is 0 Å². The summed E-state index contributed by atoms with van der Waals surface area (Å²) in [7, 11) is 1.13. The Hall–Kier alpha value is -3.72. The first-order valence-corrected chi connectivity index (χ1v) is 11.3. The van der Waals surface area contributed by atoms with Crippen LogP contribution in [0.25, 0.3) is 0 Å². The van der Waals surface area contributed by atoms with Crippen LogP contribution in [-0.2, 0) is 49.9 Å². The summed E-state index contributed by atoms with van der Waals surface area (Å²) in [4.78, 5) is 86.7. The van der Waals surface area contributed by atoms with Crippen LogP contribution in [0.2, 0.25) is 0 Å². The molecule has 2 N–H and O–H groups in total. The van der Waals surface area contributed by atoms with Gasteiger partial charge in [0.05, 0.1) is 5.88 Å². The number of aromatic amines is 1. The second-order valence-electron chi connectivity index (χ2n) is 7.87. The molecule has 5 atom stereocenters. The molecule has 16 heteroatoms. The van der Waals surface area contributed by atoms with E-state index in [4.69, 9.17) is 35.3 Å². The third-order valence-corrected chi connectivity index (χ3v) is 5.23. The van der Waals surface area contributed by atoms with Gasteiger partial charge in [0.15, 0.2) is 30.3 Å². The van der Waals surface area contributed by atoms with Gasteiger partial charge in [0.25, 0.3) is 5.56 Å². The summed E-state index contributed by atoms with van der Waals surface area (Å²) >= 11 is 5.63. The lowest BCUT2D eigenvalue weighted by Gasteiger charge is -2.44. The quantitative estimate of drug-likeness (QED) is 0.165. The summed E-state index contributed by atoms with van der Waals surface area (Å²) in [6.45, 7) is 3.75. The number of Topliss-reactive ketones (excluding diaryl/α,β-unsaturated/α-hetero) is 1. The molecular weight excluding hydrogens is 522 g/mol. The van der Waals surface area contributed by atoms with Gasteiger partial charge in [0.2, 0.25) is 0 Å². The Bertz CT molecular complexity index is 1190. The molecule has 1 aliphatic heterocycles. The molecule has 204 valence electrons. The molecular formula is C21H26ClN3O12. The molecule has 0 spiro atoms. The predicted octanol–water partition coefficient (Wildman–Crippen LogP) is -1.01. The predicted molar refractivity (Wildman–Crippen MR) is 123 cm³/mol. The number of alkyl halides is 1. The molecule has 0 aromatic carbocycles. The van der Waals surface area contributed by atoms with Gasteiger partial charge in [-0.1, -0.05) is 0 Å². The Morgan fingerprint density at radius 3 is 1.97 bits per heavy atom. The second kappa shape index (κ2) is 12.5. The maximum atomic E-state index is 12.6. The standard InChI is InChI=1S/C21H26ClN3O12/c1-8(26)33-7-13-15(34-9(2)27)16(35-10(3)28)17(36-11(4)29)19(37-13)23-18-14(12(30)6-22)20(31)25(5)21(32)24-18/h13,15-17,19,23H,6-7H2,1-5H3,(H,24,32)/t13-,15-,16+,17+,19-/m1/s1. The van der Waals surface area contributed by atoms with Crippen LogP contribution in [0.3, 0.4) is 0 Å². The number of nitrogens with zero attached hydrogens (tertiary/aromatic N) is 1. The first-order chi connectivity index (χ1) is 17.3. The molecule has 0 radical (unpaired) electrons. The van der Waals surface area contributed by atoms with Crippen LogP contribution in [-0.4, -0.2) is 82.3 Å². The molecule has 1 aromatic heterocycles. The van der Waals surface area contributed by atoms with E-state index in [2.05, 4.69) is 10.3 Å². The third kappa shape index (κ3) is 7.39. The molecule has 0 unspecified atom stereocenters. The zero-order valence-corrected chi connectivity index (χ0v) is 21.3. The number of hydrogen-bond donors (Lipinski definition) is 2. The number of carbonyl (C=O) groups excluding carboxylic acids is 5. The summed E-state index contributed by atoms with van der Waals surface area (Å²) < 4.78 is 27.3. The molecule has 2 rings (SSSR count). The van der Waals surface area contributed by atoms with Crippen LogP contribution in [0.15, 0.2) is 9.59 Å². The van der Waals surface area contributed by atoms with Crippen LogP contribution < -0.4 is 16.6 Å². The zero-order chi connectivity index (χ0) is 28.0. The van der Waals surface area contributed by atoms with Crippen molar-refractivity contribution in [2.24, 2.45) is 7.05 Å². The number of rotatable bonds is 9. The van der Waals surface area contributed by atoms with E-state index < -0.39 is 95.4 Å². The Morgan fingerprint density at radius 1 is 0.919 bits per heavy atom. The summed E-state index contributed by atoms with van der Waals surface area (Å²) in [5, 5.41) is 2.60. The lowest BCUT2D eigenvalue weighted by atomic mass is 9.97. The van der Waals surface area contributed by atoms with E-state index in [-0.39, 0.29) is 0 Å². The van der Waals surface area contributed by atoms with Gasteiger partial charge in [0.1, 0.15) is 24.1 Å². The first kappa shape index (κ1) is 29.5. The Morgan fingerprint density at radius 2 is 1.46 bits per heavy atom. The lowest BCUT2D eigenvalue weighted by molar-refractivity contribution is -0.247. The first-order valence-electron chi connectivity index (χ1n) is 10.8. The highest BCUT2D eigenvalue weighted by atomic mass is 35.5. The average molecular weight is 548 g/mol. The van der Waals surface area contributed by atoms with Crippen molar-refractivity contribution in [3.63, 3.8) is 0 Å². The normalized spacial score (nSPS) is 22.9. The highest BCUT2D eigenvalue weighted by molar-refractivity contribution is 6.31. The lowest BCUT2D eigenvalue weighted by Crippen LogP contribution is -2.64. The van der Waals surface area contributed by atoms with Gasteiger partial charge in [-0.15, -0.1) is 11.6 Å². The largest absolute Gasteiger partial charge is 0.463 e. The van der Waals surface area contributed by atoms with Crippen LogP contribution in [0, 0.1) is 0 Å². The monoisotopic (exact) mass is 547 g/mol. The SMILES string of the molecule is CC(=O)OC[C@H]1O[C@@H](Nc2[nH]c(=O)n(C)c(=O)c2C(=O)CCl)[C@@H](OC(C)=O)[C@@H](OC(C)=O)[C@@H]1OC(C)=O. The summed E-state index contributed by atoms with van der Waals surface area (Å²) in [6.07, 6.45) is -7.32. The van der Waals surface area contributed by atoms with Crippen molar-refractivity contribution >= 4 is 47.1 Å². The fraction of sp³-hybridized carbons (Fsp3) is 0.571. The Labute approximate surface area is 214 Å². The van der Waals surface area contributed by atoms with Crippen molar-refractivity contribution in [2.75, 3.05) is 17.8 Å². The van der Waals surface area contributed by atoms with Crippen molar-refractivity contribution in [1.29, 1.82) is 0 Å². The van der Waals surface area contributed by atoms with Gasteiger partial charge in [-0.25, -0.2) is 4.79 Å². The van der Waals surface area contributed by atoms with Gasteiger partial charge in [0, 0.05) is 34.7 Å². The van der Waals surface area contributed by atoms with Gasteiger partial charge >= 0.3 is 29.6 Å². The number of H-pyrrole nitrogens is 1. The van der Waals surface area contributed by atoms with Gasteiger partial charge in [-0.3, -0.25) is 38.3 Å². The molecule has 1 fully saturated rings. The second-order valence-corrected chi connectivity index (χ2v) is 8.13. The van der Waals surface area contributed by atoms with Crippen LogP contribution in [0.4, 0.5) is 5.82 Å². The minimum absolute atomic E-state index is 0.431. The van der Waals surface area contributed by atoms with Gasteiger partial charge in [-0.2, -0.15) is 0 Å². The number of ether oxygens (including phenoxy) is 5. The van der Waals surface area contributed by atoms with E-state index in [0.717, 1.165) is 34.7 Å². The van der Waals surface area contributed by atoms with E-state index in [9.17, 15) is 33.6 Å². The van der Waals surface area contributed by atoms with E-state index in [1.54, 1.807) is 0 Å². The van der Waals surface area contributed by atoms with Crippen LogP contribution in [0.1, 0.15) is 38.1 Å². The van der Waals surface area contributed by atoms with Crippen molar-refractivity contribution in [2.45, 2.75) is 58.3 Å². The number of halogens is 1. The van der Waals surface area contributed by atoms with E-state index >= 15 is 0 Å². The molecule has 0 bridgehead atoms. The van der Waals surface area contributed by atoms with Crippen LogP contribution in [0.5, 0.6) is 0 Å². The average Bonchev–Trinajstić information content (AvgIpc) is 2.79.